The zero-order valence-electron chi connectivity index (χ0n) is 12.7. The van der Waals surface area contributed by atoms with Gasteiger partial charge in [0.25, 0.3) is 0 Å². The SMILES string of the molecule is N#Cc1ccccc1NC(=O)NC1CCN(c2ccccc2)C1. The topological polar surface area (TPSA) is 68.2 Å². The number of nitriles is 1. The molecule has 5 nitrogen and oxygen atoms in total. The van der Waals surface area contributed by atoms with E-state index in [4.69, 9.17) is 5.26 Å². The Labute approximate surface area is 135 Å². The Morgan fingerprint density at radius 2 is 1.87 bits per heavy atom. The lowest BCUT2D eigenvalue weighted by molar-refractivity contribution is 0.249. The molecule has 2 aromatic carbocycles. The van der Waals surface area contributed by atoms with E-state index in [9.17, 15) is 4.79 Å². The number of urea groups is 1. The first-order chi connectivity index (χ1) is 11.3. The van der Waals surface area contributed by atoms with Gasteiger partial charge in [-0.25, -0.2) is 4.79 Å². The highest BCUT2D eigenvalue weighted by atomic mass is 16.2. The van der Waals surface area contributed by atoms with Crippen LogP contribution in [-0.2, 0) is 0 Å². The van der Waals surface area contributed by atoms with Crippen LogP contribution in [0.3, 0.4) is 0 Å². The fourth-order valence-corrected chi connectivity index (χ4v) is 2.78. The molecule has 5 heteroatoms. The van der Waals surface area contributed by atoms with E-state index in [2.05, 4.69) is 33.7 Å². The Balaban J connectivity index is 1.56. The molecular weight excluding hydrogens is 288 g/mol. The lowest BCUT2D eigenvalue weighted by Gasteiger charge is -2.19. The highest BCUT2D eigenvalue weighted by Crippen LogP contribution is 2.20. The number of hydrogen-bond donors (Lipinski definition) is 2. The molecule has 0 bridgehead atoms. The van der Waals surface area contributed by atoms with E-state index >= 15 is 0 Å². The standard InChI is InChI=1S/C18H18N4O/c19-12-14-6-4-5-9-17(14)21-18(23)20-15-10-11-22(13-15)16-7-2-1-3-8-16/h1-9,15H,10-11,13H2,(H2,20,21,23). The van der Waals surface area contributed by atoms with Gasteiger partial charge < -0.3 is 15.5 Å². The van der Waals surface area contributed by atoms with Crippen molar-refractivity contribution >= 4 is 17.4 Å². The molecule has 0 radical (unpaired) electrons. The number of nitrogens with zero attached hydrogens (tertiary/aromatic N) is 2. The Bertz CT molecular complexity index is 723. The van der Waals surface area contributed by atoms with E-state index in [1.54, 1.807) is 24.3 Å². The highest BCUT2D eigenvalue weighted by molar-refractivity contribution is 5.91. The predicted molar refractivity (Wildman–Crippen MR) is 90.4 cm³/mol. The molecule has 2 N–H and O–H groups in total. The van der Waals surface area contributed by atoms with Crippen LogP contribution in [0.5, 0.6) is 0 Å². The molecule has 1 aliphatic heterocycles. The van der Waals surface area contributed by atoms with Crippen molar-refractivity contribution in [3.8, 4) is 6.07 Å². The summed E-state index contributed by atoms with van der Waals surface area (Å²) >= 11 is 0. The summed E-state index contributed by atoms with van der Waals surface area (Å²) in [5, 5.41) is 14.8. The number of rotatable bonds is 3. The minimum Gasteiger partial charge on any atom is -0.369 e. The maximum absolute atomic E-state index is 12.1. The van der Waals surface area contributed by atoms with Gasteiger partial charge >= 0.3 is 6.03 Å². The lowest BCUT2D eigenvalue weighted by atomic mass is 10.2. The predicted octanol–water partition coefficient (Wildman–Crippen LogP) is 2.96. The Morgan fingerprint density at radius 3 is 2.65 bits per heavy atom. The fraction of sp³-hybridized carbons (Fsp3) is 0.222. The third kappa shape index (κ3) is 3.61. The van der Waals surface area contributed by atoms with Gasteiger partial charge in [-0.15, -0.1) is 0 Å². The number of amides is 2. The average molecular weight is 306 g/mol. The van der Waals surface area contributed by atoms with Crippen LogP contribution in [0.25, 0.3) is 0 Å². The smallest absolute Gasteiger partial charge is 0.319 e. The Kier molecular flexibility index (Phi) is 4.44. The molecule has 1 aliphatic rings. The van der Waals surface area contributed by atoms with Crippen LogP contribution in [0.2, 0.25) is 0 Å². The summed E-state index contributed by atoms with van der Waals surface area (Å²) in [7, 11) is 0. The van der Waals surface area contributed by atoms with Gasteiger partial charge in [0, 0.05) is 24.8 Å². The molecule has 2 aromatic rings. The quantitative estimate of drug-likeness (QED) is 0.916. The molecule has 1 unspecified atom stereocenters. The van der Waals surface area contributed by atoms with Crippen LogP contribution in [0.15, 0.2) is 54.6 Å². The second kappa shape index (κ2) is 6.84. The van der Waals surface area contributed by atoms with Crippen LogP contribution in [0.4, 0.5) is 16.2 Å². The summed E-state index contributed by atoms with van der Waals surface area (Å²) in [6.45, 7) is 1.71. The largest absolute Gasteiger partial charge is 0.369 e. The van der Waals surface area contributed by atoms with Gasteiger partial charge in [-0.1, -0.05) is 30.3 Å². The summed E-state index contributed by atoms with van der Waals surface area (Å²) < 4.78 is 0. The average Bonchev–Trinajstić information content (AvgIpc) is 3.04. The third-order valence-electron chi connectivity index (χ3n) is 3.94. The van der Waals surface area contributed by atoms with Gasteiger partial charge in [0.2, 0.25) is 0 Å². The van der Waals surface area contributed by atoms with Crippen LogP contribution < -0.4 is 15.5 Å². The van der Waals surface area contributed by atoms with Crippen molar-refractivity contribution in [1.82, 2.24) is 5.32 Å². The molecule has 0 aliphatic carbocycles. The van der Waals surface area contributed by atoms with Gasteiger partial charge in [-0.3, -0.25) is 0 Å². The van der Waals surface area contributed by atoms with Crippen LogP contribution in [0.1, 0.15) is 12.0 Å². The Morgan fingerprint density at radius 1 is 1.13 bits per heavy atom. The van der Waals surface area contributed by atoms with Gasteiger partial charge in [0.15, 0.2) is 0 Å². The van der Waals surface area contributed by atoms with Crippen molar-refractivity contribution in [3.63, 3.8) is 0 Å². The lowest BCUT2D eigenvalue weighted by Crippen LogP contribution is -2.39. The molecule has 1 fully saturated rings. The third-order valence-corrected chi connectivity index (χ3v) is 3.94. The maximum atomic E-state index is 12.1. The first kappa shape index (κ1) is 14.9. The molecule has 116 valence electrons. The van der Waals surface area contributed by atoms with Crippen LogP contribution in [0, 0.1) is 11.3 Å². The number of hydrogen-bond acceptors (Lipinski definition) is 3. The summed E-state index contributed by atoms with van der Waals surface area (Å²) in [6.07, 6.45) is 0.905. The number of anilines is 2. The molecule has 0 saturated carbocycles. The molecule has 3 rings (SSSR count). The summed E-state index contributed by atoms with van der Waals surface area (Å²) in [5.41, 5.74) is 2.16. The van der Waals surface area contributed by atoms with E-state index in [0.717, 1.165) is 19.5 Å². The first-order valence-corrected chi connectivity index (χ1v) is 7.63. The number of nitrogens with one attached hydrogen (secondary N) is 2. The summed E-state index contributed by atoms with van der Waals surface area (Å²) in [4.78, 5) is 14.4. The maximum Gasteiger partial charge on any atom is 0.319 e. The van der Waals surface area contributed by atoms with Gasteiger partial charge in [0.1, 0.15) is 6.07 Å². The van der Waals surface area contributed by atoms with Crippen molar-refractivity contribution in [2.45, 2.75) is 12.5 Å². The number of carbonyl (C=O) groups is 1. The molecule has 0 aromatic heterocycles. The zero-order chi connectivity index (χ0) is 16.1. The van der Waals surface area contributed by atoms with E-state index in [-0.39, 0.29) is 12.1 Å². The van der Waals surface area contributed by atoms with Crippen LogP contribution in [-0.4, -0.2) is 25.2 Å². The second-order valence-corrected chi connectivity index (χ2v) is 5.52. The van der Waals surface area contributed by atoms with E-state index in [1.807, 2.05) is 18.2 Å². The fourth-order valence-electron chi connectivity index (χ4n) is 2.78. The second-order valence-electron chi connectivity index (χ2n) is 5.52. The normalized spacial score (nSPS) is 16.7. The first-order valence-electron chi connectivity index (χ1n) is 7.63. The Hall–Kier alpha value is -3.00. The molecule has 1 saturated heterocycles. The highest BCUT2D eigenvalue weighted by Gasteiger charge is 2.24. The van der Waals surface area contributed by atoms with E-state index in [1.165, 1.54) is 5.69 Å². The van der Waals surface area contributed by atoms with Crippen molar-refractivity contribution in [2.75, 3.05) is 23.3 Å². The van der Waals surface area contributed by atoms with E-state index < -0.39 is 0 Å². The molecule has 1 heterocycles. The minimum absolute atomic E-state index is 0.101. The number of benzene rings is 2. The number of carbonyl (C=O) groups excluding carboxylic acids is 1. The number of para-hydroxylation sites is 2. The van der Waals surface area contributed by atoms with Crippen molar-refractivity contribution < 1.29 is 4.79 Å². The van der Waals surface area contributed by atoms with Gasteiger partial charge in [0.05, 0.1) is 11.3 Å². The van der Waals surface area contributed by atoms with Gasteiger partial charge in [-0.2, -0.15) is 5.26 Å². The summed E-state index contributed by atoms with van der Waals surface area (Å²) in [5.74, 6) is 0. The van der Waals surface area contributed by atoms with Crippen LogP contribution >= 0.6 is 0 Å². The molecule has 1 atom stereocenters. The van der Waals surface area contributed by atoms with Gasteiger partial charge in [-0.05, 0) is 30.7 Å². The molecule has 2 amide bonds. The molecule has 0 spiro atoms. The zero-order valence-corrected chi connectivity index (χ0v) is 12.7. The van der Waals surface area contributed by atoms with Crippen molar-refractivity contribution in [3.05, 3.63) is 60.2 Å². The molecular formula is C18H18N4O. The molecule has 23 heavy (non-hydrogen) atoms. The van der Waals surface area contributed by atoms with Crippen molar-refractivity contribution in [2.24, 2.45) is 0 Å². The van der Waals surface area contributed by atoms with E-state index in [0.29, 0.717) is 11.3 Å². The summed E-state index contributed by atoms with van der Waals surface area (Å²) in [6, 6.07) is 19.1. The monoisotopic (exact) mass is 306 g/mol. The van der Waals surface area contributed by atoms with Crippen molar-refractivity contribution in [1.29, 1.82) is 5.26 Å². The minimum atomic E-state index is -0.271.